The maximum absolute atomic E-state index is 11.1. The molecule has 0 saturated heterocycles. The standard InChI is InChI=1S/C6H9N3O4S/c1-13-4-7-5-3-9(6(10)8-5)14(2,11)12/h3-4H,1-2H3,(H,8,10). The summed E-state index contributed by atoms with van der Waals surface area (Å²) >= 11 is 0. The second kappa shape index (κ2) is 3.66. The number of nitrogens with zero attached hydrogens (tertiary/aromatic N) is 2. The number of aliphatic imine (C=N–C) groups is 1. The van der Waals surface area contributed by atoms with E-state index >= 15 is 0 Å². The van der Waals surface area contributed by atoms with Gasteiger partial charge < -0.3 is 4.74 Å². The highest BCUT2D eigenvalue weighted by molar-refractivity contribution is 7.89. The van der Waals surface area contributed by atoms with E-state index in [0.29, 0.717) is 3.97 Å². The first kappa shape index (κ1) is 10.5. The van der Waals surface area contributed by atoms with Crippen LogP contribution >= 0.6 is 0 Å². The lowest BCUT2D eigenvalue weighted by atomic mass is 10.8. The quantitative estimate of drug-likeness (QED) is 0.536. The fraction of sp³-hybridized carbons (Fsp3) is 0.333. The summed E-state index contributed by atoms with van der Waals surface area (Å²) in [6, 6.07) is 0. The number of hydrogen-bond donors (Lipinski definition) is 1. The highest BCUT2D eigenvalue weighted by atomic mass is 32.2. The summed E-state index contributed by atoms with van der Waals surface area (Å²) in [7, 11) is -2.20. The lowest BCUT2D eigenvalue weighted by Crippen LogP contribution is -2.22. The molecule has 0 radical (unpaired) electrons. The van der Waals surface area contributed by atoms with Crippen molar-refractivity contribution in [2.45, 2.75) is 0 Å². The minimum Gasteiger partial charge on any atom is -0.486 e. The van der Waals surface area contributed by atoms with Gasteiger partial charge in [-0.05, 0) is 0 Å². The summed E-state index contributed by atoms with van der Waals surface area (Å²) in [6.07, 6.45) is 3.08. The average molecular weight is 219 g/mol. The lowest BCUT2D eigenvalue weighted by Gasteiger charge is -1.92. The van der Waals surface area contributed by atoms with Gasteiger partial charge in [0.2, 0.25) is 10.0 Å². The number of hydrogen-bond acceptors (Lipinski definition) is 5. The van der Waals surface area contributed by atoms with Gasteiger partial charge in [0.15, 0.2) is 12.2 Å². The van der Waals surface area contributed by atoms with Gasteiger partial charge in [-0.3, -0.25) is 4.98 Å². The molecule has 1 aromatic rings. The maximum atomic E-state index is 11.1. The third kappa shape index (κ3) is 2.22. The Hall–Kier alpha value is -1.57. The zero-order valence-electron chi connectivity index (χ0n) is 7.59. The predicted molar refractivity (Wildman–Crippen MR) is 50.5 cm³/mol. The molecule has 0 fully saturated rings. The number of aromatic amines is 1. The van der Waals surface area contributed by atoms with Crippen molar-refractivity contribution >= 4 is 22.2 Å². The van der Waals surface area contributed by atoms with Gasteiger partial charge >= 0.3 is 5.69 Å². The van der Waals surface area contributed by atoms with Crippen LogP contribution in [0.1, 0.15) is 0 Å². The van der Waals surface area contributed by atoms with Crippen LogP contribution in [0.15, 0.2) is 16.0 Å². The van der Waals surface area contributed by atoms with Crippen LogP contribution in [0.5, 0.6) is 0 Å². The fourth-order valence-electron chi connectivity index (χ4n) is 0.788. The van der Waals surface area contributed by atoms with E-state index in [0.717, 1.165) is 18.9 Å². The minimum absolute atomic E-state index is 0.113. The topological polar surface area (TPSA) is 93.5 Å². The van der Waals surface area contributed by atoms with E-state index in [2.05, 4.69) is 14.7 Å². The summed E-state index contributed by atoms with van der Waals surface area (Å²) in [5.41, 5.74) is -0.754. The summed E-state index contributed by atoms with van der Waals surface area (Å²) in [6.45, 7) is 0. The molecule has 0 bridgehead atoms. The van der Waals surface area contributed by atoms with E-state index in [9.17, 15) is 13.2 Å². The Bertz CT molecular complexity index is 495. The second-order valence-corrected chi connectivity index (χ2v) is 4.33. The molecule has 0 aromatic carbocycles. The first-order valence-electron chi connectivity index (χ1n) is 3.52. The predicted octanol–water partition coefficient (Wildman–Crippen LogP) is -0.710. The van der Waals surface area contributed by atoms with Crippen molar-refractivity contribution in [1.82, 2.24) is 8.96 Å². The smallest absolute Gasteiger partial charge is 0.341 e. The molecule has 14 heavy (non-hydrogen) atoms. The van der Waals surface area contributed by atoms with Crippen molar-refractivity contribution in [2.24, 2.45) is 4.99 Å². The van der Waals surface area contributed by atoms with Gasteiger partial charge in [-0.15, -0.1) is 0 Å². The van der Waals surface area contributed by atoms with Gasteiger partial charge in [0.1, 0.15) is 0 Å². The van der Waals surface area contributed by atoms with Gasteiger partial charge in [0.05, 0.1) is 19.6 Å². The van der Waals surface area contributed by atoms with Gasteiger partial charge in [0, 0.05) is 0 Å². The number of H-pyrrole nitrogens is 1. The fourth-order valence-corrected chi connectivity index (χ4v) is 1.43. The molecule has 78 valence electrons. The molecule has 0 saturated carbocycles. The van der Waals surface area contributed by atoms with Crippen LogP contribution in [-0.4, -0.2) is 37.1 Å². The van der Waals surface area contributed by atoms with E-state index < -0.39 is 15.7 Å². The zero-order valence-corrected chi connectivity index (χ0v) is 8.41. The summed E-state index contributed by atoms with van der Waals surface area (Å²) in [5, 5.41) is 0. The molecular formula is C6H9N3O4S. The average Bonchev–Trinajstić information content (AvgIpc) is 2.42. The molecule has 1 rings (SSSR count). The second-order valence-electron chi connectivity index (χ2n) is 2.47. The Kier molecular flexibility index (Phi) is 2.75. The van der Waals surface area contributed by atoms with Crippen LogP contribution in [0.4, 0.5) is 5.82 Å². The van der Waals surface area contributed by atoms with Gasteiger partial charge in [-0.25, -0.2) is 18.2 Å². The molecule has 0 aliphatic carbocycles. The summed E-state index contributed by atoms with van der Waals surface area (Å²) in [5.74, 6) is 0.113. The molecule has 0 amide bonds. The van der Waals surface area contributed by atoms with Crippen LogP contribution in [0, 0.1) is 0 Å². The number of nitrogens with one attached hydrogen (secondary N) is 1. The van der Waals surface area contributed by atoms with E-state index in [1.165, 1.54) is 7.11 Å². The van der Waals surface area contributed by atoms with Crippen molar-refractivity contribution in [3.05, 3.63) is 16.7 Å². The Labute approximate surface area is 80.1 Å². The first-order chi connectivity index (χ1) is 6.45. The molecule has 0 atom stereocenters. The van der Waals surface area contributed by atoms with Crippen LogP contribution < -0.4 is 5.69 Å². The Morgan fingerprint density at radius 1 is 1.64 bits per heavy atom. The third-order valence-corrected chi connectivity index (χ3v) is 2.32. The zero-order chi connectivity index (χ0) is 10.8. The van der Waals surface area contributed by atoms with Crippen molar-refractivity contribution in [3.63, 3.8) is 0 Å². The number of aromatic nitrogens is 2. The maximum Gasteiger partial charge on any atom is 0.341 e. The largest absolute Gasteiger partial charge is 0.486 e. The normalized spacial score (nSPS) is 12.1. The van der Waals surface area contributed by atoms with Gasteiger partial charge in [0.25, 0.3) is 0 Å². The van der Waals surface area contributed by atoms with E-state index in [-0.39, 0.29) is 5.82 Å². The van der Waals surface area contributed by atoms with E-state index in [1.54, 1.807) is 0 Å². The number of ether oxygens (including phenoxy) is 1. The summed E-state index contributed by atoms with van der Waals surface area (Å²) < 4.78 is 27.1. The van der Waals surface area contributed by atoms with Crippen LogP contribution in [0.25, 0.3) is 0 Å². The van der Waals surface area contributed by atoms with Gasteiger partial charge in [-0.2, -0.15) is 3.97 Å². The minimum atomic E-state index is -3.58. The highest BCUT2D eigenvalue weighted by Gasteiger charge is 2.10. The number of rotatable bonds is 3. The van der Waals surface area contributed by atoms with Crippen LogP contribution in [-0.2, 0) is 14.8 Å². The van der Waals surface area contributed by atoms with Gasteiger partial charge in [-0.1, -0.05) is 0 Å². The Balaban J connectivity index is 3.19. The summed E-state index contributed by atoms with van der Waals surface area (Å²) in [4.78, 5) is 16.9. The molecular weight excluding hydrogens is 210 g/mol. The van der Waals surface area contributed by atoms with Crippen molar-refractivity contribution < 1.29 is 13.2 Å². The number of methoxy groups -OCH3 is 1. The molecule has 0 unspecified atom stereocenters. The third-order valence-electron chi connectivity index (χ3n) is 1.33. The molecule has 1 aromatic heterocycles. The Morgan fingerprint density at radius 3 is 2.71 bits per heavy atom. The van der Waals surface area contributed by atoms with Crippen molar-refractivity contribution in [3.8, 4) is 0 Å². The molecule has 0 aliphatic rings. The monoisotopic (exact) mass is 219 g/mol. The first-order valence-corrected chi connectivity index (χ1v) is 5.37. The highest BCUT2D eigenvalue weighted by Crippen LogP contribution is 2.04. The molecule has 8 heteroatoms. The Morgan fingerprint density at radius 2 is 2.29 bits per heavy atom. The molecule has 1 N–H and O–H groups in total. The lowest BCUT2D eigenvalue weighted by molar-refractivity contribution is 0.423. The molecule has 0 aliphatic heterocycles. The molecule has 1 heterocycles. The van der Waals surface area contributed by atoms with Crippen LogP contribution in [0.2, 0.25) is 0 Å². The molecule has 7 nitrogen and oxygen atoms in total. The van der Waals surface area contributed by atoms with Crippen LogP contribution in [0.3, 0.4) is 0 Å². The van der Waals surface area contributed by atoms with E-state index in [4.69, 9.17) is 0 Å². The molecule has 0 spiro atoms. The van der Waals surface area contributed by atoms with Crippen molar-refractivity contribution in [2.75, 3.05) is 13.4 Å². The van der Waals surface area contributed by atoms with E-state index in [1.807, 2.05) is 0 Å². The SMILES string of the molecule is COC=Nc1cn(S(C)(=O)=O)c(=O)[nH]1. The number of imidazole rings is 1. The van der Waals surface area contributed by atoms with Crippen molar-refractivity contribution in [1.29, 1.82) is 0 Å².